The first-order chi connectivity index (χ1) is 10.0. The number of hydrogen-bond donors (Lipinski definition) is 2. The zero-order valence-electron chi connectivity index (χ0n) is 13.7. The summed E-state index contributed by atoms with van der Waals surface area (Å²) >= 11 is 0. The number of piperidine rings is 1. The lowest BCUT2D eigenvalue weighted by molar-refractivity contribution is 0.126. The van der Waals surface area contributed by atoms with E-state index in [-0.39, 0.29) is 18.1 Å². The maximum Gasteiger partial charge on any atom is 0.317 e. The van der Waals surface area contributed by atoms with E-state index in [0.29, 0.717) is 5.92 Å². The molecule has 2 rings (SSSR count). The third-order valence-corrected chi connectivity index (χ3v) is 5.57. The summed E-state index contributed by atoms with van der Waals surface area (Å²) < 4.78 is 0. The number of aliphatic hydroxyl groups excluding tert-OH is 1. The van der Waals surface area contributed by atoms with Gasteiger partial charge < -0.3 is 15.3 Å². The molecule has 0 bridgehead atoms. The number of nitrogens with zero attached hydrogens (tertiary/aromatic N) is 1. The van der Waals surface area contributed by atoms with Gasteiger partial charge in [0.15, 0.2) is 0 Å². The van der Waals surface area contributed by atoms with Crippen LogP contribution in [0.15, 0.2) is 0 Å². The molecule has 2 N–H and O–H groups in total. The van der Waals surface area contributed by atoms with Crippen LogP contribution in [-0.4, -0.2) is 42.3 Å². The topological polar surface area (TPSA) is 52.6 Å². The Morgan fingerprint density at radius 1 is 1.14 bits per heavy atom. The van der Waals surface area contributed by atoms with E-state index < -0.39 is 0 Å². The van der Waals surface area contributed by atoms with E-state index in [9.17, 15) is 4.79 Å². The summed E-state index contributed by atoms with van der Waals surface area (Å²) in [6, 6.07) is 0.0790. The summed E-state index contributed by atoms with van der Waals surface area (Å²) in [4.78, 5) is 14.2. The fourth-order valence-corrected chi connectivity index (χ4v) is 3.76. The van der Waals surface area contributed by atoms with Gasteiger partial charge in [-0.25, -0.2) is 4.79 Å². The molecule has 0 radical (unpaired) electrons. The maximum atomic E-state index is 12.3. The van der Waals surface area contributed by atoms with E-state index in [0.717, 1.165) is 38.4 Å². The molecule has 0 spiro atoms. The van der Waals surface area contributed by atoms with Crippen molar-refractivity contribution in [2.24, 2.45) is 17.3 Å². The van der Waals surface area contributed by atoms with E-state index in [1.165, 1.54) is 32.1 Å². The van der Waals surface area contributed by atoms with Crippen molar-refractivity contribution in [1.82, 2.24) is 10.2 Å². The van der Waals surface area contributed by atoms with E-state index in [4.69, 9.17) is 5.11 Å². The minimum atomic E-state index is 0.0790. The molecule has 0 aromatic heterocycles. The SMILES string of the molecule is CC(C)(CNC(=O)N1CCC(CO)CC1)C1CCCCC1. The van der Waals surface area contributed by atoms with Crippen LogP contribution in [0.2, 0.25) is 0 Å². The third-order valence-electron chi connectivity index (χ3n) is 5.57. The molecule has 4 heteroatoms. The van der Waals surface area contributed by atoms with E-state index in [2.05, 4.69) is 19.2 Å². The Balaban J connectivity index is 1.75. The number of carbonyl (C=O) groups is 1. The standard InChI is InChI=1S/C17H32N2O2/c1-17(2,15-6-4-3-5-7-15)13-18-16(21)19-10-8-14(12-20)9-11-19/h14-15,20H,3-13H2,1-2H3,(H,18,21). The zero-order valence-corrected chi connectivity index (χ0v) is 13.7. The van der Waals surface area contributed by atoms with Gasteiger partial charge in [0.1, 0.15) is 0 Å². The summed E-state index contributed by atoms with van der Waals surface area (Å²) in [6.45, 7) is 7.17. The van der Waals surface area contributed by atoms with Crippen molar-refractivity contribution in [3.63, 3.8) is 0 Å². The summed E-state index contributed by atoms with van der Waals surface area (Å²) in [6.07, 6.45) is 8.54. The molecule has 21 heavy (non-hydrogen) atoms. The summed E-state index contributed by atoms with van der Waals surface area (Å²) in [5.41, 5.74) is 0.194. The molecule has 1 heterocycles. The van der Waals surface area contributed by atoms with Gasteiger partial charge in [0.2, 0.25) is 0 Å². The molecule has 1 aliphatic heterocycles. The predicted molar refractivity (Wildman–Crippen MR) is 85.1 cm³/mol. The van der Waals surface area contributed by atoms with E-state index in [1.54, 1.807) is 0 Å². The molecule has 122 valence electrons. The Morgan fingerprint density at radius 2 is 1.76 bits per heavy atom. The highest BCUT2D eigenvalue weighted by molar-refractivity contribution is 5.74. The number of urea groups is 1. The van der Waals surface area contributed by atoms with Gasteiger partial charge >= 0.3 is 6.03 Å². The molecule has 1 saturated carbocycles. The highest BCUT2D eigenvalue weighted by Gasteiger charge is 2.31. The minimum absolute atomic E-state index is 0.0790. The Morgan fingerprint density at radius 3 is 2.33 bits per heavy atom. The number of hydrogen-bond acceptors (Lipinski definition) is 2. The van der Waals surface area contributed by atoms with Crippen molar-refractivity contribution in [1.29, 1.82) is 0 Å². The summed E-state index contributed by atoms with van der Waals surface area (Å²) in [5, 5.41) is 12.3. The van der Waals surface area contributed by atoms with Gasteiger partial charge in [0, 0.05) is 26.2 Å². The van der Waals surface area contributed by atoms with Gasteiger partial charge in [-0.1, -0.05) is 33.1 Å². The second-order valence-electron chi connectivity index (χ2n) is 7.60. The van der Waals surface area contributed by atoms with Crippen LogP contribution in [0.4, 0.5) is 4.79 Å². The monoisotopic (exact) mass is 296 g/mol. The van der Waals surface area contributed by atoms with Crippen LogP contribution >= 0.6 is 0 Å². The van der Waals surface area contributed by atoms with Gasteiger partial charge in [-0.15, -0.1) is 0 Å². The van der Waals surface area contributed by atoms with Gasteiger partial charge in [-0.2, -0.15) is 0 Å². The van der Waals surface area contributed by atoms with Gasteiger partial charge in [-0.05, 0) is 42.9 Å². The molecule has 2 aliphatic rings. The lowest BCUT2D eigenvalue weighted by Gasteiger charge is -2.38. The fraction of sp³-hybridized carbons (Fsp3) is 0.941. The quantitative estimate of drug-likeness (QED) is 0.838. The third kappa shape index (κ3) is 4.60. The predicted octanol–water partition coefficient (Wildman–Crippen LogP) is 3.01. The molecule has 2 fully saturated rings. The summed E-state index contributed by atoms with van der Waals surface area (Å²) in [5.74, 6) is 1.12. The second kappa shape index (κ2) is 7.48. The van der Waals surface area contributed by atoms with Crippen LogP contribution in [0.5, 0.6) is 0 Å². The molecule has 0 aromatic rings. The Bertz CT molecular complexity index is 330. The smallest absolute Gasteiger partial charge is 0.317 e. The van der Waals surface area contributed by atoms with Crippen molar-refractivity contribution in [3.8, 4) is 0 Å². The van der Waals surface area contributed by atoms with Gasteiger partial charge in [0.05, 0.1) is 0 Å². The Kier molecular flexibility index (Phi) is 5.91. The lowest BCUT2D eigenvalue weighted by atomic mass is 9.71. The van der Waals surface area contributed by atoms with Crippen molar-refractivity contribution in [2.75, 3.05) is 26.2 Å². The normalized spacial score (nSPS) is 22.3. The first-order valence-electron chi connectivity index (χ1n) is 8.66. The number of nitrogens with one attached hydrogen (secondary N) is 1. The van der Waals surface area contributed by atoms with Crippen LogP contribution < -0.4 is 5.32 Å². The molecule has 4 nitrogen and oxygen atoms in total. The van der Waals surface area contributed by atoms with Gasteiger partial charge in [0.25, 0.3) is 0 Å². The molecule has 0 aromatic carbocycles. The van der Waals surface area contributed by atoms with Gasteiger partial charge in [-0.3, -0.25) is 0 Å². The molecule has 1 saturated heterocycles. The Hall–Kier alpha value is -0.770. The van der Waals surface area contributed by atoms with Crippen LogP contribution in [0, 0.1) is 17.3 Å². The maximum absolute atomic E-state index is 12.3. The van der Waals surface area contributed by atoms with Crippen LogP contribution in [0.1, 0.15) is 58.8 Å². The first-order valence-corrected chi connectivity index (χ1v) is 8.66. The molecule has 0 unspecified atom stereocenters. The van der Waals surface area contributed by atoms with Crippen molar-refractivity contribution in [3.05, 3.63) is 0 Å². The molecule has 2 amide bonds. The highest BCUT2D eigenvalue weighted by atomic mass is 16.3. The first kappa shape index (κ1) is 16.6. The molecule has 1 aliphatic carbocycles. The van der Waals surface area contributed by atoms with E-state index >= 15 is 0 Å². The zero-order chi connectivity index (χ0) is 15.3. The summed E-state index contributed by atoms with van der Waals surface area (Å²) in [7, 11) is 0. The van der Waals surface area contributed by atoms with Crippen LogP contribution in [0.3, 0.4) is 0 Å². The number of rotatable bonds is 4. The van der Waals surface area contributed by atoms with Crippen LogP contribution in [0.25, 0.3) is 0 Å². The number of amides is 2. The number of likely N-dealkylation sites (tertiary alicyclic amines) is 1. The molecular formula is C17H32N2O2. The highest BCUT2D eigenvalue weighted by Crippen LogP contribution is 2.37. The Labute approximate surface area is 129 Å². The fourth-order valence-electron chi connectivity index (χ4n) is 3.76. The average molecular weight is 296 g/mol. The average Bonchev–Trinajstić information content (AvgIpc) is 2.53. The van der Waals surface area contributed by atoms with E-state index in [1.807, 2.05) is 4.90 Å². The largest absolute Gasteiger partial charge is 0.396 e. The molecule has 0 atom stereocenters. The lowest BCUT2D eigenvalue weighted by Crippen LogP contribution is -2.48. The number of carbonyl (C=O) groups excluding carboxylic acids is 1. The van der Waals surface area contributed by atoms with Crippen molar-refractivity contribution >= 4 is 6.03 Å². The van der Waals surface area contributed by atoms with Crippen LogP contribution in [-0.2, 0) is 0 Å². The second-order valence-corrected chi connectivity index (χ2v) is 7.60. The number of aliphatic hydroxyl groups is 1. The van der Waals surface area contributed by atoms with Crippen molar-refractivity contribution in [2.45, 2.75) is 58.8 Å². The van der Waals surface area contributed by atoms with Crippen molar-refractivity contribution < 1.29 is 9.90 Å². The minimum Gasteiger partial charge on any atom is -0.396 e. The molecular weight excluding hydrogens is 264 g/mol.